The number of amides is 1. The Morgan fingerprint density at radius 2 is 1.88 bits per heavy atom. The third kappa shape index (κ3) is 6.12. The highest BCUT2D eigenvalue weighted by atomic mass is 32.2. The topological polar surface area (TPSA) is 79.8 Å². The molecule has 1 fully saturated rings. The summed E-state index contributed by atoms with van der Waals surface area (Å²) in [5.74, 6) is -0.0563. The van der Waals surface area contributed by atoms with Crippen LogP contribution in [0, 0.1) is 0 Å². The first-order valence-electron chi connectivity index (χ1n) is 9.90. The number of carbonyl (C=O) groups excluding carboxylic acids is 1. The van der Waals surface area contributed by atoms with Crippen molar-refractivity contribution in [3.8, 4) is 5.75 Å². The van der Waals surface area contributed by atoms with E-state index in [2.05, 4.69) is 4.98 Å². The van der Waals surface area contributed by atoms with Crippen molar-refractivity contribution < 1.29 is 31.1 Å². The van der Waals surface area contributed by atoms with Crippen LogP contribution in [0.2, 0.25) is 0 Å². The number of sulfone groups is 1. The van der Waals surface area contributed by atoms with Gasteiger partial charge in [0.25, 0.3) is 5.91 Å². The molecule has 1 saturated heterocycles. The van der Waals surface area contributed by atoms with Crippen molar-refractivity contribution in [2.24, 2.45) is 0 Å². The summed E-state index contributed by atoms with van der Waals surface area (Å²) in [6.07, 6.45) is -3.21. The Balaban J connectivity index is 1.74. The van der Waals surface area contributed by atoms with Gasteiger partial charge in [0, 0.05) is 43.5 Å². The minimum Gasteiger partial charge on any atom is -0.490 e. The molecule has 2 heterocycles. The van der Waals surface area contributed by atoms with Gasteiger partial charge >= 0.3 is 6.18 Å². The molecular formula is C20H24F3N3O4S2. The van der Waals surface area contributed by atoms with Gasteiger partial charge in [0.15, 0.2) is 15.0 Å². The van der Waals surface area contributed by atoms with Crippen LogP contribution in [0.3, 0.4) is 0 Å². The van der Waals surface area contributed by atoms with E-state index < -0.39 is 22.4 Å². The smallest absolute Gasteiger partial charge is 0.393 e. The predicted octanol–water partition coefficient (Wildman–Crippen LogP) is 3.40. The third-order valence-electron chi connectivity index (χ3n) is 4.73. The number of halogens is 3. The standard InChI is InChI=1S/C20H24F3N3O4S2/c1-13(2)30-17-5-4-15(32(3,28)29)10-16(17)18(27)25-6-8-26(9-7-25)19-24-12-14(31-19)11-20(21,22)23/h4-5,10,12-13H,6-9,11H2,1-3H3. The maximum absolute atomic E-state index is 13.2. The zero-order chi connectivity index (χ0) is 23.7. The molecule has 0 saturated carbocycles. The van der Waals surface area contributed by atoms with Crippen molar-refractivity contribution in [2.75, 3.05) is 37.3 Å². The molecule has 0 N–H and O–H groups in total. The fraction of sp³-hybridized carbons (Fsp3) is 0.500. The normalized spacial score (nSPS) is 15.3. The first-order valence-corrected chi connectivity index (χ1v) is 12.6. The molecule has 176 valence electrons. The predicted molar refractivity (Wildman–Crippen MR) is 115 cm³/mol. The Hall–Kier alpha value is -2.34. The Morgan fingerprint density at radius 1 is 1.22 bits per heavy atom. The molecule has 1 aromatic heterocycles. The minimum atomic E-state index is -4.29. The zero-order valence-corrected chi connectivity index (χ0v) is 19.5. The lowest BCUT2D eigenvalue weighted by atomic mass is 10.1. The molecule has 1 amide bonds. The van der Waals surface area contributed by atoms with E-state index in [1.165, 1.54) is 24.4 Å². The number of nitrogens with zero attached hydrogens (tertiary/aromatic N) is 3. The van der Waals surface area contributed by atoms with Gasteiger partial charge in [0.1, 0.15) is 5.75 Å². The summed E-state index contributed by atoms with van der Waals surface area (Å²) in [6.45, 7) is 5.04. The Morgan fingerprint density at radius 3 is 2.44 bits per heavy atom. The number of anilines is 1. The molecule has 12 heteroatoms. The quantitative estimate of drug-likeness (QED) is 0.616. The van der Waals surface area contributed by atoms with Crippen LogP contribution in [0.25, 0.3) is 0 Å². The van der Waals surface area contributed by atoms with Crippen molar-refractivity contribution >= 4 is 32.2 Å². The highest BCUT2D eigenvalue weighted by Gasteiger charge is 2.30. The Kier molecular flexibility index (Phi) is 7.03. The van der Waals surface area contributed by atoms with Gasteiger partial charge in [-0.1, -0.05) is 0 Å². The van der Waals surface area contributed by atoms with Gasteiger partial charge < -0.3 is 14.5 Å². The van der Waals surface area contributed by atoms with Crippen LogP contribution in [0.15, 0.2) is 29.3 Å². The van der Waals surface area contributed by atoms with E-state index in [1.807, 2.05) is 4.90 Å². The summed E-state index contributed by atoms with van der Waals surface area (Å²) < 4.78 is 67.4. The summed E-state index contributed by atoms with van der Waals surface area (Å²) in [7, 11) is -3.51. The van der Waals surface area contributed by atoms with Crippen molar-refractivity contribution in [2.45, 2.75) is 37.4 Å². The molecule has 1 aromatic carbocycles. The molecule has 1 aliphatic rings. The largest absolute Gasteiger partial charge is 0.490 e. The lowest BCUT2D eigenvalue weighted by Gasteiger charge is -2.35. The number of benzene rings is 1. The SMILES string of the molecule is CC(C)Oc1ccc(S(C)(=O)=O)cc1C(=O)N1CCN(c2ncc(CC(F)(F)F)s2)CC1. The second-order valence-electron chi connectivity index (χ2n) is 7.78. The number of alkyl halides is 3. The summed E-state index contributed by atoms with van der Waals surface area (Å²) in [5, 5.41) is 0.485. The molecule has 0 spiro atoms. The Bertz CT molecular complexity index is 1080. The lowest BCUT2D eigenvalue weighted by Crippen LogP contribution is -2.48. The molecule has 0 bridgehead atoms. The monoisotopic (exact) mass is 491 g/mol. The van der Waals surface area contributed by atoms with Crippen LogP contribution >= 0.6 is 11.3 Å². The van der Waals surface area contributed by atoms with Crippen molar-refractivity contribution in [1.82, 2.24) is 9.88 Å². The molecule has 0 unspecified atom stereocenters. The number of piperazine rings is 1. The number of rotatable bonds is 6. The molecule has 7 nitrogen and oxygen atoms in total. The van der Waals surface area contributed by atoms with Crippen molar-refractivity contribution in [1.29, 1.82) is 0 Å². The average molecular weight is 492 g/mol. The van der Waals surface area contributed by atoms with Gasteiger partial charge in [-0.3, -0.25) is 4.79 Å². The maximum Gasteiger partial charge on any atom is 0.393 e. The molecular weight excluding hydrogens is 467 g/mol. The second kappa shape index (κ2) is 9.26. The summed E-state index contributed by atoms with van der Waals surface area (Å²) in [4.78, 5) is 20.9. The molecule has 0 radical (unpaired) electrons. The van der Waals surface area contributed by atoms with E-state index >= 15 is 0 Å². The molecule has 32 heavy (non-hydrogen) atoms. The van der Waals surface area contributed by atoms with Crippen molar-refractivity contribution in [3.05, 3.63) is 34.8 Å². The number of carbonyl (C=O) groups is 1. The third-order valence-corrected chi connectivity index (χ3v) is 6.89. The van der Waals surface area contributed by atoms with Crippen LogP contribution in [0.5, 0.6) is 5.75 Å². The maximum atomic E-state index is 13.2. The van der Waals surface area contributed by atoms with E-state index in [-0.39, 0.29) is 27.3 Å². The number of hydrogen-bond acceptors (Lipinski definition) is 7. The second-order valence-corrected chi connectivity index (χ2v) is 10.9. The van der Waals surface area contributed by atoms with Gasteiger partial charge in [0.05, 0.1) is 23.0 Å². The number of aromatic nitrogens is 1. The summed E-state index contributed by atoms with van der Waals surface area (Å²) >= 11 is 0.991. The molecule has 3 rings (SSSR count). The first-order chi connectivity index (χ1) is 14.8. The van der Waals surface area contributed by atoms with Crippen LogP contribution in [-0.4, -0.2) is 68.9 Å². The zero-order valence-electron chi connectivity index (χ0n) is 17.8. The number of thiazole rings is 1. The van der Waals surface area contributed by atoms with Crippen LogP contribution < -0.4 is 9.64 Å². The van der Waals surface area contributed by atoms with E-state index in [9.17, 15) is 26.4 Å². The van der Waals surface area contributed by atoms with Gasteiger partial charge in [-0.25, -0.2) is 13.4 Å². The molecule has 0 atom stereocenters. The minimum absolute atomic E-state index is 0.0237. The lowest BCUT2D eigenvalue weighted by molar-refractivity contribution is -0.126. The van der Waals surface area contributed by atoms with E-state index in [0.29, 0.717) is 37.1 Å². The fourth-order valence-electron chi connectivity index (χ4n) is 3.26. The highest BCUT2D eigenvalue weighted by molar-refractivity contribution is 7.90. The van der Waals surface area contributed by atoms with Crippen molar-refractivity contribution in [3.63, 3.8) is 0 Å². The Labute approximate surface area is 188 Å². The van der Waals surface area contributed by atoms with Crippen LogP contribution in [0.1, 0.15) is 29.1 Å². The number of ether oxygens (including phenoxy) is 1. The van der Waals surface area contributed by atoms with E-state index in [4.69, 9.17) is 4.74 Å². The van der Waals surface area contributed by atoms with Crippen LogP contribution in [0.4, 0.5) is 18.3 Å². The highest BCUT2D eigenvalue weighted by Crippen LogP contribution is 2.30. The van der Waals surface area contributed by atoms with Gasteiger partial charge in [-0.15, -0.1) is 11.3 Å². The van der Waals surface area contributed by atoms with E-state index in [0.717, 1.165) is 17.6 Å². The summed E-state index contributed by atoms with van der Waals surface area (Å²) in [5.41, 5.74) is 0.164. The molecule has 0 aliphatic carbocycles. The molecule has 1 aliphatic heterocycles. The molecule has 2 aromatic rings. The van der Waals surface area contributed by atoms with Gasteiger partial charge in [-0.2, -0.15) is 13.2 Å². The number of hydrogen-bond donors (Lipinski definition) is 0. The summed E-state index contributed by atoms with van der Waals surface area (Å²) in [6, 6.07) is 4.21. The van der Waals surface area contributed by atoms with Gasteiger partial charge in [-0.05, 0) is 32.0 Å². The fourth-order valence-corrected chi connectivity index (χ4v) is 4.90. The van der Waals surface area contributed by atoms with Crippen LogP contribution in [-0.2, 0) is 16.3 Å². The first kappa shape index (κ1) is 24.3. The van der Waals surface area contributed by atoms with Gasteiger partial charge in [0.2, 0.25) is 0 Å². The van der Waals surface area contributed by atoms with E-state index in [1.54, 1.807) is 18.7 Å². The average Bonchev–Trinajstić information content (AvgIpc) is 3.13.